The average Bonchev–Trinajstić information content (AvgIpc) is 2.92. The molecule has 1 saturated heterocycles. The van der Waals surface area contributed by atoms with Crippen molar-refractivity contribution in [2.75, 3.05) is 18.4 Å². The normalized spacial score (nSPS) is 14.9. The second-order valence-corrected chi connectivity index (χ2v) is 5.52. The van der Waals surface area contributed by atoms with Crippen molar-refractivity contribution >= 4 is 17.7 Å². The van der Waals surface area contributed by atoms with E-state index >= 15 is 0 Å². The molecule has 2 aromatic rings. The molecule has 1 amide bonds. The molecule has 3 heterocycles. The summed E-state index contributed by atoms with van der Waals surface area (Å²) in [5.74, 6) is 1.54. The van der Waals surface area contributed by atoms with Crippen LogP contribution in [0.3, 0.4) is 0 Å². The van der Waals surface area contributed by atoms with Crippen molar-refractivity contribution in [1.82, 2.24) is 20.0 Å². The number of anilines is 2. The van der Waals surface area contributed by atoms with Gasteiger partial charge in [-0.05, 0) is 39.2 Å². The number of aryl methyl sites for hydroxylation is 2. The number of nitrogens with one attached hydrogen (secondary N) is 1. The lowest BCUT2D eigenvalue weighted by Gasteiger charge is -2.26. The molecule has 1 aliphatic heterocycles. The maximum absolute atomic E-state index is 12.5. The Morgan fingerprint density at radius 3 is 2.64 bits per heavy atom. The Hall–Kier alpha value is -2.44. The van der Waals surface area contributed by atoms with Crippen LogP contribution in [0.25, 0.3) is 0 Å². The standard InChI is InChI=1S/C15H19N5O2/c1-10-8-12(14(21)20-6-4-3-5-7-20)17-15(16-10)18-13-9-11(2)22-19-13/h8-9H,3-7H2,1-2H3,(H,16,17,18,19). The van der Waals surface area contributed by atoms with Crippen molar-refractivity contribution in [2.24, 2.45) is 0 Å². The molecule has 0 aliphatic carbocycles. The van der Waals surface area contributed by atoms with Gasteiger partial charge in [0.15, 0.2) is 5.82 Å². The summed E-state index contributed by atoms with van der Waals surface area (Å²) in [5, 5.41) is 6.81. The van der Waals surface area contributed by atoms with E-state index in [1.807, 2.05) is 11.8 Å². The van der Waals surface area contributed by atoms with Crippen LogP contribution in [0.4, 0.5) is 11.8 Å². The number of carbonyl (C=O) groups excluding carboxylic acids is 1. The van der Waals surface area contributed by atoms with Gasteiger partial charge in [0.25, 0.3) is 5.91 Å². The third-order valence-electron chi connectivity index (χ3n) is 3.58. The van der Waals surface area contributed by atoms with E-state index in [1.165, 1.54) is 6.42 Å². The number of aromatic nitrogens is 3. The van der Waals surface area contributed by atoms with Crippen LogP contribution in [-0.4, -0.2) is 39.0 Å². The van der Waals surface area contributed by atoms with Gasteiger partial charge in [-0.3, -0.25) is 4.79 Å². The molecule has 0 saturated carbocycles. The highest BCUT2D eigenvalue weighted by atomic mass is 16.5. The summed E-state index contributed by atoms with van der Waals surface area (Å²) in [6, 6.07) is 3.47. The Labute approximate surface area is 128 Å². The highest BCUT2D eigenvalue weighted by Gasteiger charge is 2.20. The number of carbonyl (C=O) groups is 1. The summed E-state index contributed by atoms with van der Waals surface area (Å²) >= 11 is 0. The van der Waals surface area contributed by atoms with Crippen LogP contribution in [0.2, 0.25) is 0 Å². The molecule has 116 valence electrons. The Morgan fingerprint density at radius 1 is 1.18 bits per heavy atom. The highest BCUT2D eigenvalue weighted by molar-refractivity contribution is 5.92. The largest absolute Gasteiger partial charge is 0.360 e. The highest BCUT2D eigenvalue weighted by Crippen LogP contribution is 2.16. The van der Waals surface area contributed by atoms with Gasteiger partial charge in [0.05, 0.1) is 0 Å². The summed E-state index contributed by atoms with van der Waals surface area (Å²) in [7, 11) is 0. The zero-order valence-electron chi connectivity index (χ0n) is 12.8. The van der Waals surface area contributed by atoms with E-state index in [0.717, 1.165) is 31.6 Å². The van der Waals surface area contributed by atoms with E-state index in [9.17, 15) is 4.79 Å². The molecule has 0 spiro atoms. The maximum atomic E-state index is 12.5. The van der Waals surface area contributed by atoms with Gasteiger partial charge < -0.3 is 14.7 Å². The molecule has 1 N–H and O–H groups in total. The summed E-state index contributed by atoms with van der Waals surface area (Å²) in [5.41, 5.74) is 1.15. The number of likely N-dealkylation sites (tertiary alicyclic amines) is 1. The van der Waals surface area contributed by atoms with Crippen LogP contribution in [0.5, 0.6) is 0 Å². The Balaban J connectivity index is 1.81. The predicted molar refractivity (Wildman–Crippen MR) is 81.0 cm³/mol. The number of hydrogen-bond donors (Lipinski definition) is 1. The number of hydrogen-bond acceptors (Lipinski definition) is 6. The Kier molecular flexibility index (Phi) is 4.04. The van der Waals surface area contributed by atoms with Gasteiger partial charge in [-0.15, -0.1) is 0 Å². The van der Waals surface area contributed by atoms with Gasteiger partial charge in [-0.25, -0.2) is 9.97 Å². The fourth-order valence-electron chi connectivity index (χ4n) is 2.53. The molecule has 2 aromatic heterocycles. The first-order chi connectivity index (χ1) is 10.6. The molecule has 0 bridgehead atoms. The van der Waals surface area contributed by atoms with Gasteiger partial charge >= 0.3 is 0 Å². The Morgan fingerprint density at radius 2 is 1.95 bits per heavy atom. The smallest absolute Gasteiger partial charge is 0.272 e. The van der Waals surface area contributed by atoms with Gasteiger partial charge in [-0.2, -0.15) is 0 Å². The summed E-state index contributed by atoms with van der Waals surface area (Å²) in [6.45, 7) is 5.24. The van der Waals surface area contributed by atoms with Gasteiger partial charge in [0.2, 0.25) is 5.95 Å². The third kappa shape index (κ3) is 3.24. The Bertz CT molecular complexity index is 676. The van der Waals surface area contributed by atoms with Crippen LogP contribution >= 0.6 is 0 Å². The van der Waals surface area contributed by atoms with Crippen molar-refractivity contribution < 1.29 is 9.32 Å². The molecular weight excluding hydrogens is 282 g/mol. The first-order valence-electron chi connectivity index (χ1n) is 7.47. The fraction of sp³-hybridized carbons (Fsp3) is 0.467. The van der Waals surface area contributed by atoms with E-state index in [4.69, 9.17) is 4.52 Å². The molecule has 7 heteroatoms. The molecule has 0 unspecified atom stereocenters. The minimum absolute atomic E-state index is 0.0374. The zero-order valence-corrected chi connectivity index (χ0v) is 12.8. The lowest BCUT2D eigenvalue weighted by atomic mass is 10.1. The van der Waals surface area contributed by atoms with Gasteiger partial charge in [0.1, 0.15) is 11.5 Å². The van der Waals surface area contributed by atoms with Crippen LogP contribution < -0.4 is 5.32 Å². The number of nitrogens with zero attached hydrogens (tertiary/aromatic N) is 4. The van der Waals surface area contributed by atoms with Crippen molar-refractivity contribution in [2.45, 2.75) is 33.1 Å². The van der Waals surface area contributed by atoms with Crippen molar-refractivity contribution in [3.63, 3.8) is 0 Å². The molecule has 0 atom stereocenters. The van der Waals surface area contributed by atoms with E-state index in [1.54, 1.807) is 19.1 Å². The lowest BCUT2D eigenvalue weighted by molar-refractivity contribution is 0.0718. The zero-order chi connectivity index (χ0) is 15.5. The molecule has 0 radical (unpaired) electrons. The summed E-state index contributed by atoms with van der Waals surface area (Å²) in [4.78, 5) is 23.0. The van der Waals surface area contributed by atoms with Crippen LogP contribution in [0, 0.1) is 13.8 Å². The molecule has 7 nitrogen and oxygen atoms in total. The van der Waals surface area contributed by atoms with Crippen molar-refractivity contribution in [1.29, 1.82) is 0 Å². The van der Waals surface area contributed by atoms with Gasteiger partial charge in [-0.1, -0.05) is 5.16 Å². The first-order valence-corrected chi connectivity index (χ1v) is 7.47. The monoisotopic (exact) mass is 301 g/mol. The SMILES string of the molecule is Cc1cc(C(=O)N2CCCCC2)nc(Nc2cc(C)on2)n1. The maximum Gasteiger partial charge on any atom is 0.272 e. The predicted octanol–water partition coefficient (Wildman–Crippen LogP) is 2.45. The van der Waals surface area contributed by atoms with Crippen molar-refractivity contribution in [3.05, 3.63) is 29.3 Å². The summed E-state index contributed by atoms with van der Waals surface area (Å²) < 4.78 is 5.00. The van der Waals surface area contributed by atoms with Crippen molar-refractivity contribution in [3.8, 4) is 0 Å². The molecule has 3 rings (SSSR count). The van der Waals surface area contributed by atoms with Crippen LogP contribution in [-0.2, 0) is 0 Å². The number of piperidine rings is 1. The number of amides is 1. The summed E-state index contributed by atoms with van der Waals surface area (Å²) in [6.07, 6.45) is 3.29. The third-order valence-corrected chi connectivity index (χ3v) is 3.58. The molecule has 0 aromatic carbocycles. The van der Waals surface area contributed by atoms with E-state index in [0.29, 0.717) is 23.2 Å². The molecule has 1 fully saturated rings. The van der Waals surface area contributed by atoms with Crippen LogP contribution in [0.15, 0.2) is 16.7 Å². The van der Waals surface area contributed by atoms with E-state index < -0.39 is 0 Å². The van der Waals surface area contributed by atoms with E-state index in [-0.39, 0.29) is 5.91 Å². The van der Waals surface area contributed by atoms with Gasteiger partial charge in [0, 0.05) is 24.8 Å². The minimum Gasteiger partial charge on any atom is -0.360 e. The number of rotatable bonds is 3. The topological polar surface area (TPSA) is 84.2 Å². The second-order valence-electron chi connectivity index (χ2n) is 5.52. The molecule has 22 heavy (non-hydrogen) atoms. The molecular formula is C15H19N5O2. The second kappa shape index (κ2) is 6.13. The fourth-order valence-corrected chi connectivity index (χ4v) is 2.53. The average molecular weight is 301 g/mol. The lowest BCUT2D eigenvalue weighted by Crippen LogP contribution is -2.36. The van der Waals surface area contributed by atoms with Crippen LogP contribution in [0.1, 0.15) is 41.2 Å². The quantitative estimate of drug-likeness (QED) is 0.937. The minimum atomic E-state index is -0.0374. The molecule has 1 aliphatic rings. The van der Waals surface area contributed by atoms with E-state index in [2.05, 4.69) is 20.4 Å². The first kappa shape index (κ1) is 14.5.